The average Bonchev–Trinajstić information content (AvgIpc) is 2.66. The SMILES string of the molecule is CC/C(Br)=C\C=C(/C)C1CCCC1. The minimum atomic E-state index is 0.869. The maximum absolute atomic E-state index is 3.53. The molecule has 0 radical (unpaired) electrons. The van der Waals surface area contributed by atoms with Crippen LogP contribution < -0.4 is 0 Å². The second kappa shape index (κ2) is 5.64. The molecule has 1 heteroatoms. The number of allylic oxidation sites excluding steroid dienone is 4. The Morgan fingerprint density at radius 2 is 1.92 bits per heavy atom. The first-order valence-electron chi connectivity index (χ1n) is 5.27. The van der Waals surface area contributed by atoms with Gasteiger partial charge in [0.1, 0.15) is 0 Å². The molecule has 0 amide bonds. The van der Waals surface area contributed by atoms with Gasteiger partial charge < -0.3 is 0 Å². The van der Waals surface area contributed by atoms with Crippen molar-refractivity contribution in [2.45, 2.75) is 46.0 Å². The van der Waals surface area contributed by atoms with E-state index >= 15 is 0 Å². The molecule has 0 nitrogen and oxygen atoms in total. The van der Waals surface area contributed by atoms with Gasteiger partial charge in [-0.05, 0) is 36.6 Å². The molecule has 1 rings (SSSR count). The van der Waals surface area contributed by atoms with E-state index in [9.17, 15) is 0 Å². The fourth-order valence-electron chi connectivity index (χ4n) is 1.86. The van der Waals surface area contributed by atoms with Crippen LogP contribution in [0.5, 0.6) is 0 Å². The highest BCUT2D eigenvalue weighted by atomic mass is 79.9. The van der Waals surface area contributed by atoms with Gasteiger partial charge in [-0.1, -0.05) is 53.4 Å². The van der Waals surface area contributed by atoms with Crippen molar-refractivity contribution in [2.24, 2.45) is 5.92 Å². The van der Waals surface area contributed by atoms with Gasteiger partial charge >= 0.3 is 0 Å². The lowest BCUT2D eigenvalue weighted by Crippen LogP contribution is -1.93. The Balaban J connectivity index is 2.49. The van der Waals surface area contributed by atoms with Crippen LogP contribution in [0, 0.1) is 5.92 Å². The van der Waals surface area contributed by atoms with Crippen LogP contribution in [0.2, 0.25) is 0 Å². The van der Waals surface area contributed by atoms with Gasteiger partial charge in [-0.3, -0.25) is 0 Å². The molecule has 0 aromatic rings. The van der Waals surface area contributed by atoms with Crippen LogP contribution in [0.3, 0.4) is 0 Å². The highest BCUT2D eigenvalue weighted by Gasteiger charge is 2.15. The first-order valence-corrected chi connectivity index (χ1v) is 6.06. The van der Waals surface area contributed by atoms with Crippen LogP contribution in [0.1, 0.15) is 46.0 Å². The smallest absolute Gasteiger partial charge is 0.00521 e. The Hall–Kier alpha value is -0.0400. The fraction of sp³-hybridized carbons (Fsp3) is 0.667. The summed E-state index contributed by atoms with van der Waals surface area (Å²) in [5.41, 5.74) is 1.56. The zero-order valence-electron chi connectivity index (χ0n) is 8.65. The summed E-state index contributed by atoms with van der Waals surface area (Å²) in [6.07, 6.45) is 11.2. The van der Waals surface area contributed by atoms with Crippen molar-refractivity contribution in [3.63, 3.8) is 0 Å². The lowest BCUT2D eigenvalue weighted by atomic mass is 9.99. The predicted octanol–water partition coefficient (Wildman–Crippen LogP) is 4.81. The quantitative estimate of drug-likeness (QED) is 0.624. The minimum absolute atomic E-state index is 0.869. The van der Waals surface area contributed by atoms with Gasteiger partial charge in [0, 0.05) is 0 Å². The maximum atomic E-state index is 3.53. The third-order valence-electron chi connectivity index (χ3n) is 2.86. The van der Waals surface area contributed by atoms with Crippen molar-refractivity contribution in [1.82, 2.24) is 0 Å². The Kier molecular flexibility index (Phi) is 4.79. The van der Waals surface area contributed by atoms with Gasteiger partial charge in [0.25, 0.3) is 0 Å². The van der Waals surface area contributed by atoms with Gasteiger partial charge in [-0.2, -0.15) is 0 Å². The minimum Gasteiger partial charge on any atom is -0.0702 e. The first-order chi connectivity index (χ1) is 6.24. The van der Waals surface area contributed by atoms with E-state index in [1.807, 2.05) is 0 Å². The molecule has 0 heterocycles. The molecule has 0 aromatic carbocycles. The molecule has 1 fully saturated rings. The van der Waals surface area contributed by atoms with E-state index in [0.29, 0.717) is 0 Å². The van der Waals surface area contributed by atoms with Crippen LogP contribution in [0.4, 0.5) is 0 Å². The topological polar surface area (TPSA) is 0 Å². The molecule has 0 saturated heterocycles. The van der Waals surface area contributed by atoms with Crippen molar-refractivity contribution < 1.29 is 0 Å². The van der Waals surface area contributed by atoms with E-state index in [2.05, 4.69) is 41.9 Å². The van der Waals surface area contributed by atoms with Gasteiger partial charge in [-0.25, -0.2) is 0 Å². The molecule has 1 saturated carbocycles. The van der Waals surface area contributed by atoms with E-state index in [4.69, 9.17) is 0 Å². The number of rotatable bonds is 3. The van der Waals surface area contributed by atoms with E-state index in [0.717, 1.165) is 12.3 Å². The standard InChI is InChI=1S/C12H19Br/c1-3-12(13)9-8-10(2)11-6-4-5-7-11/h8-9,11H,3-7H2,1-2H3/b10-8+,12-9+. The molecular weight excluding hydrogens is 224 g/mol. The molecule has 0 bridgehead atoms. The van der Waals surface area contributed by atoms with Crippen LogP contribution >= 0.6 is 15.9 Å². The van der Waals surface area contributed by atoms with Gasteiger partial charge in [0.05, 0.1) is 0 Å². The second-order valence-corrected chi connectivity index (χ2v) is 4.88. The van der Waals surface area contributed by atoms with E-state index in [-0.39, 0.29) is 0 Å². The molecule has 74 valence electrons. The zero-order chi connectivity index (χ0) is 9.68. The molecule has 0 unspecified atom stereocenters. The lowest BCUT2D eigenvalue weighted by molar-refractivity contribution is 0.642. The summed E-state index contributed by atoms with van der Waals surface area (Å²) >= 11 is 3.53. The van der Waals surface area contributed by atoms with Gasteiger partial charge in [-0.15, -0.1) is 0 Å². The third kappa shape index (κ3) is 3.68. The van der Waals surface area contributed by atoms with Crippen molar-refractivity contribution in [3.8, 4) is 0 Å². The largest absolute Gasteiger partial charge is 0.0702 e. The summed E-state index contributed by atoms with van der Waals surface area (Å²) in [6.45, 7) is 4.43. The van der Waals surface area contributed by atoms with Crippen molar-refractivity contribution in [1.29, 1.82) is 0 Å². The first kappa shape index (κ1) is 11.0. The Bertz CT molecular complexity index is 207. The number of hydrogen-bond donors (Lipinski definition) is 0. The molecule has 1 aliphatic rings. The molecule has 13 heavy (non-hydrogen) atoms. The summed E-state index contributed by atoms with van der Waals surface area (Å²) in [6, 6.07) is 0. The Labute approximate surface area is 90.2 Å². The average molecular weight is 243 g/mol. The van der Waals surface area contributed by atoms with Gasteiger partial charge in [0.15, 0.2) is 0 Å². The zero-order valence-corrected chi connectivity index (χ0v) is 10.2. The summed E-state index contributed by atoms with van der Waals surface area (Å²) in [5.74, 6) is 0.869. The lowest BCUT2D eigenvalue weighted by Gasteiger charge is -2.07. The molecule has 0 N–H and O–H groups in total. The highest BCUT2D eigenvalue weighted by Crippen LogP contribution is 2.30. The van der Waals surface area contributed by atoms with Crippen LogP contribution in [-0.4, -0.2) is 0 Å². The summed E-state index contributed by atoms with van der Waals surface area (Å²) in [4.78, 5) is 0. The monoisotopic (exact) mass is 242 g/mol. The molecule has 0 spiro atoms. The Morgan fingerprint density at radius 1 is 1.31 bits per heavy atom. The molecule has 0 aliphatic heterocycles. The normalized spacial score (nSPS) is 21.2. The highest BCUT2D eigenvalue weighted by molar-refractivity contribution is 9.11. The number of halogens is 1. The van der Waals surface area contributed by atoms with Crippen LogP contribution in [0.15, 0.2) is 22.2 Å². The summed E-state index contributed by atoms with van der Waals surface area (Å²) in [7, 11) is 0. The van der Waals surface area contributed by atoms with Gasteiger partial charge in [0.2, 0.25) is 0 Å². The second-order valence-electron chi connectivity index (χ2n) is 3.86. The van der Waals surface area contributed by atoms with E-state index in [1.54, 1.807) is 5.57 Å². The summed E-state index contributed by atoms with van der Waals surface area (Å²) in [5, 5.41) is 0. The van der Waals surface area contributed by atoms with Crippen molar-refractivity contribution in [2.75, 3.05) is 0 Å². The Morgan fingerprint density at radius 3 is 2.46 bits per heavy atom. The maximum Gasteiger partial charge on any atom is -0.00521 e. The van der Waals surface area contributed by atoms with Crippen LogP contribution in [-0.2, 0) is 0 Å². The van der Waals surface area contributed by atoms with Crippen molar-refractivity contribution >= 4 is 15.9 Å². The third-order valence-corrected chi connectivity index (χ3v) is 3.69. The predicted molar refractivity (Wildman–Crippen MR) is 63.0 cm³/mol. The molecule has 0 atom stereocenters. The molecular formula is C12H19Br. The summed E-state index contributed by atoms with van der Waals surface area (Å²) < 4.78 is 1.30. The van der Waals surface area contributed by atoms with E-state index < -0.39 is 0 Å². The fourth-order valence-corrected chi connectivity index (χ4v) is 1.99. The number of hydrogen-bond acceptors (Lipinski definition) is 0. The van der Waals surface area contributed by atoms with E-state index in [1.165, 1.54) is 30.2 Å². The van der Waals surface area contributed by atoms with Crippen LogP contribution in [0.25, 0.3) is 0 Å². The molecule has 1 aliphatic carbocycles. The molecule has 0 aromatic heterocycles. The van der Waals surface area contributed by atoms with Crippen molar-refractivity contribution in [3.05, 3.63) is 22.2 Å².